The number of carbonyl (C=O) groups is 1. The van der Waals surface area contributed by atoms with Crippen molar-refractivity contribution in [3.8, 4) is 5.75 Å². The predicted octanol–water partition coefficient (Wildman–Crippen LogP) is 4.40. The molecule has 1 aromatic carbocycles. The summed E-state index contributed by atoms with van der Waals surface area (Å²) >= 11 is 0. The van der Waals surface area contributed by atoms with Crippen molar-refractivity contribution in [3.63, 3.8) is 0 Å². The number of nitrogens with one attached hydrogen (secondary N) is 1. The van der Waals surface area contributed by atoms with Gasteiger partial charge in [0.1, 0.15) is 11.4 Å². The molecular formula is C19H29NO3. The molecule has 3 atom stereocenters. The Morgan fingerprint density at radius 3 is 2.65 bits per heavy atom. The monoisotopic (exact) mass is 319 g/mol. The van der Waals surface area contributed by atoms with Crippen molar-refractivity contribution in [2.24, 2.45) is 5.92 Å². The fourth-order valence-corrected chi connectivity index (χ4v) is 3.16. The quantitative estimate of drug-likeness (QED) is 0.845. The Bertz CT molecular complexity index is 514. The minimum absolute atomic E-state index is 0.0397. The molecule has 0 radical (unpaired) electrons. The van der Waals surface area contributed by atoms with Crippen molar-refractivity contribution >= 4 is 11.6 Å². The van der Waals surface area contributed by atoms with Crippen LogP contribution >= 0.6 is 0 Å². The van der Waals surface area contributed by atoms with Crippen LogP contribution in [0.5, 0.6) is 5.75 Å². The van der Waals surface area contributed by atoms with E-state index in [-0.39, 0.29) is 12.0 Å². The number of ether oxygens (including phenoxy) is 2. The minimum Gasteiger partial charge on any atom is -0.491 e. The summed E-state index contributed by atoms with van der Waals surface area (Å²) in [6, 6.07) is 7.55. The Morgan fingerprint density at radius 2 is 2.09 bits per heavy atom. The smallest absolute Gasteiger partial charge is 0.256 e. The number of methoxy groups -OCH3 is 1. The van der Waals surface area contributed by atoms with Gasteiger partial charge in [0.25, 0.3) is 5.91 Å². The van der Waals surface area contributed by atoms with E-state index in [1.54, 1.807) is 7.11 Å². The van der Waals surface area contributed by atoms with E-state index >= 15 is 0 Å². The highest BCUT2D eigenvalue weighted by atomic mass is 16.5. The van der Waals surface area contributed by atoms with Gasteiger partial charge >= 0.3 is 0 Å². The van der Waals surface area contributed by atoms with Gasteiger partial charge in [0.15, 0.2) is 0 Å². The van der Waals surface area contributed by atoms with Crippen LogP contribution in [0.25, 0.3) is 0 Å². The molecule has 1 N–H and O–H groups in total. The number of anilines is 1. The van der Waals surface area contributed by atoms with Crippen LogP contribution in [0.15, 0.2) is 24.3 Å². The second-order valence-corrected chi connectivity index (χ2v) is 6.72. The van der Waals surface area contributed by atoms with Crippen molar-refractivity contribution in [1.29, 1.82) is 0 Å². The van der Waals surface area contributed by atoms with Gasteiger partial charge in [-0.05, 0) is 62.8 Å². The number of amides is 1. The second-order valence-electron chi connectivity index (χ2n) is 6.72. The fraction of sp³-hybridized carbons (Fsp3) is 0.632. The standard InChI is InChI=1S/C19H29NO3/c1-5-15(3)23-17-10-8-16(9-11-17)20-18(21)19(22-4)12-6-7-14(2)13-19/h8-11,14-15H,5-7,12-13H2,1-4H3,(H,20,21)/t14-,15+,19+/m1/s1. The maximum Gasteiger partial charge on any atom is 0.256 e. The normalized spacial score (nSPS) is 25.7. The van der Waals surface area contributed by atoms with Crippen LogP contribution in [0.1, 0.15) is 52.9 Å². The molecule has 1 aliphatic rings. The zero-order valence-corrected chi connectivity index (χ0v) is 14.7. The van der Waals surface area contributed by atoms with E-state index in [1.807, 2.05) is 31.2 Å². The molecule has 1 amide bonds. The van der Waals surface area contributed by atoms with Crippen molar-refractivity contribution in [3.05, 3.63) is 24.3 Å². The molecule has 0 bridgehead atoms. The van der Waals surface area contributed by atoms with Gasteiger partial charge in [-0.1, -0.05) is 20.3 Å². The molecular weight excluding hydrogens is 290 g/mol. The van der Waals surface area contributed by atoms with Crippen molar-refractivity contribution < 1.29 is 14.3 Å². The first-order chi connectivity index (χ1) is 11.0. The van der Waals surface area contributed by atoms with Gasteiger partial charge in [-0.3, -0.25) is 4.79 Å². The zero-order valence-electron chi connectivity index (χ0n) is 14.7. The number of hydrogen-bond acceptors (Lipinski definition) is 3. The second kappa shape index (κ2) is 7.82. The Labute approximate surface area is 139 Å². The summed E-state index contributed by atoms with van der Waals surface area (Å²) < 4.78 is 11.4. The van der Waals surface area contributed by atoms with E-state index in [0.717, 1.165) is 37.1 Å². The summed E-state index contributed by atoms with van der Waals surface area (Å²) in [5.41, 5.74) is 0.0879. The number of rotatable bonds is 6. The molecule has 1 saturated carbocycles. The molecule has 1 aromatic rings. The van der Waals surface area contributed by atoms with E-state index in [0.29, 0.717) is 5.92 Å². The van der Waals surface area contributed by atoms with Gasteiger partial charge in [-0.2, -0.15) is 0 Å². The third-order valence-corrected chi connectivity index (χ3v) is 4.78. The van der Waals surface area contributed by atoms with Crippen LogP contribution in [0.4, 0.5) is 5.69 Å². The lowest BCUT2D eigenvalue weighted by molar-refractivity contribution is -0.143. The maximum atomic E-state index is 12.7. The molecule has 4 nitrogen and oxygen atoms in total. The SMILES string of the molecule is CC[C@H](C)Oc1ccc(NC(=O)[C@]2(OC)CCC[C@@H](C)C2)cc1. The summed E-state index contributed by atoms with van der Waals surface area (Å²) in [4.78, 5) is 12.7. The van der Waals surface area contributed by atoms with Crippen LogP contribution in [-0.2, 0) is 9.53 Å². The largest absolute Gasteiger partial charge is 0.491 e. The van der Waals surface area contributed by atoms with Crippen LogP contribution < -0.4 is 10.1 Å². The van der Waals surface area contributed by atoms with Crippen molar-refractivity contribution in [2.45, 2.75) is 64.6 Å². The highest BCUT2D eigenvalue weighted by Crippen LogP contribution is 2.35. The lowest BCUT2D eigenvalue weighted by Crippen LogP contribution is -2.47. The Kier molecular flexibility index (Phi) is 6.05. The molecule has 0 aromatic heterocycles. The molecule has 23 heavy (non-hydrogen) atoms. The number of benzene rings is 1. The summed E-state index contributed by atoms with van der Waals surface area (Å²) in [6.45, 7) is 6.32. The average molecular weight is 319 g/mol. The molecule has 4 heteroatoms. The van der Waals surface area contributed by atoms with Crippen LogP contribution in [0.2, 0.25) is 0 Å². The third-order valence-electron chi connectivity index (χ3n) is 4.78. The predicted molar refractivity (Wildman–Crippen MR) is 92.8 cm³/mol. The average Bonchev–Trinajstić information content (AvgIpc) is 2.56. The first-order valence-corrected chi connectivity index (χ1v) is 8.62. The highest BCUT2D eigenvalue weighted by Gasteiger charge is 2.41. The van der Waals surface area contributed by atoms with Gasteiger partial charge in [0.2, 0.25) is 0 Å². The van der Waals surface area contributed by atoms with Gasteiger partial charge < -0.3 is 14.8 Å². The molecule has 0 heterocycles. The summed E-state index contributed by atoms with van der Waals surface area (Å²) in [6.07, 6.45) is 4.92. The Hall–Kier alpha value is -1.55. The molecule has 1 aliphatic carbocycles. The highest BCUT2D eigenvalue weighted by molar-refractivity contribution is 5.97. The number of hydrogen-bond donors (Lipinski definition) is 1. The molecule has 0 saturated heterocycles. The van der Waals surface area contributed by atoms with Crippen LogP contribution in [-0.4, -0.2) is 24.7 Å². The Morgan fingerprint density at radius 1 is 1.39 bits per heavy atom. The lowest BCUT2D eigenvalue weighted by atomic mass is 9.78. The molecule has 0 aliphatic heterocycles. The Balaban J connectivity index is 2.01. The fourth-order valence-electron chi connectivity index (χ4n) is 3.16. The third kappa shape index (κ3) is 4.47. The first-order valence-electron chi connectivity index (χ1n) is 8.62. The van der Waals surface area contributed by atoms with E-state index < -0.39 is 5.60 Å². The minimum atomic E-state index is -0.691. The van der Waals surface area contributed by atoms with E-state index in [1.165, 1.54) is 6.42 Å². The molecule has 1 fully saturated rings. The lowest BCUT2D eigenvalue weighted by Gasteiger charge is -2.37. The summed E-state index contributed by atoms with van der Waals surface area (Å²) in [7, 11) is 1.64. The van der Waals surface area contributed by atoms with E-state index in [9.17, 15) is 4.79 Å². The topological polar surface area (TPSA) is 47.6 Å². The van der Waals surface area contributed by atoms with Crippen molar-refractivity contribution in [1.82, 2.24) is 0 Å². The maximum absolute atomic E-state index is 12.7. The van der Waals surface area contributed by atoms with Crippen LogP contribution in [0, 0.1) is 5.92 Å². The zero-order chi connectivity index (χ0) is 16.9. The van der Waals surface area contributed by atoms with Crippen molar-refractivity contribution in [2.75, 3.05) is 12.4 Å². The number of carbonyl (C=O) groups excluding carboxylic acids is 1. The van der Waals surface area contributed by atoms with Gasteiger partial charge in [-0.25, -0.2) is 0 Å². The van der Waals surface area contributed by atoms with Gasteiger partial charge in [-0.15, -0.1) is 0 Å². The van der Waals surface area contributed by atoms with Gasteiger partial charge in [0.05, 0.1) is 6.10 Å². The molecule has 0 unspecified atom stereocenters. The molecule has 128 valence electrons. The van der Waals surface area contributed by atoms with Crippen LogP contribution in [0.3, 0.4) is 0 Å². The van der Waals surface area contributed by atoms with Gasteiger partial charge in [0, 0.05) is 12.8 Å². The summed E-state index contributed by atoms with van der Waals surface area (Å²) in [5.74, 6) is 1.30. The molecule has 2 rings (SSSR count). The summed E-state index contributed by atoms with van der Waals surface area (Å²) in [5, 5.41) is 3.00. The van der Waals surface area contributed by atoms with E-state index in [4.69, 9.17) is 9.47 Å². The van der Waals surface area contributed by atoms with E-state index in [2.05, 4.69) is 19.2 Å². The molecule has 0 spiro atoms. The first kappa shape index (κ1) is 17.8.